The molecule has 0 aliphatic carbocycles. The number of amides is 2. The van der Waals surface area contributed by atoms with Gasteiger partial charge < -0.3 is 19.4 Å². The lowest BCUT2D eigenvalue weighted by Crippen LogP contribution is -2.26. The van der Waals surface area contributed by atoms with Crippen LogP contribution in [0.15, 0.2) is 46.9 Å². The fourth-order valence-electron chi connectivity index (χ4n) is 2.66. The van der Waals surface area contributed by atoms with Crippen molar-refractivity contribution in [3.8, 4) is 0 Å². The van der Waals surface area contributed by atoms with Gasteiger partial charge in [-0.15, -0.1) is 0 Å². The summed E-state index contributed by atoms with van der Waals surface area (Å²) in [6, 6.07) is 10.5. The van der Waals surface area contributed by atoms with E-state index in [0.29, 0.717) is 33.9 Å². The molecule has 3 rings (SSSR count). The first-order valence-corrected chi connectivity index (χ1v) is 9.40. The van der Waals surface area contributed by atoms with Crippen LogP contribution >= 0.6 is 22.6 Å². The normalized spacial score (nSPS) is 14.0. The Kier molecular flexibility index (Phi) is 6.28. The number of furan rings is 1. The van der Waals surface area contributed by atoms with Crippen molar-refractivity contribution in [3.63, 3.8) is 0 Å². The molecule has 2 amide bonds. The van der Waals surface area contributed by atoms with Gasteiger partial charge in [-0.1, -0.05) is 12.1 Å². The molecular formula is C19H17IN2O5. The largest absolute Gasteiger partial charge is 0.452 e. The number of nitrogens with one attached hydrogen (secondary N) is 1. The Labute approximate surface area is 169 Å². The molecule has 1 aliphatic heterocycles. The molecule has 2 heterocycles. The van der Waals surface area contributed by atoms with Gasteiger partial charge in [-0.05, 0) is 59.4 Å². The van der Waals surface area contributed by atoms with Crippen molar-refractivity contribution in [2.45, 2.75) is 12.8 Å². The Balaban J connectivity index is 1.54. The molecule has 0 saturated carbocycles. The second-order valence-electron chi connectivity index (χ2n) is 5.80. The van der Waals surface area contributed by atoms with Crippen LogP contribution in [0.1, 0.15) is 18.6 Å². The first kappa shape index (κ1) is 19.2. The number of hydrogen-bond donors (Lipinski definition) is 1. The van der Waals surface area contributed by atoms with Crippen LogP contribution in [0.3, 0.4) is 0 Å². The summed E-state index contributed by atoms with van der Waals surface area (Å²) in [5, 5.41) is 2.69. The highest BCUT2D eigenvalue weighted by Crippen LogP contribution is 2.29. The molecule has 7 nitrogen and oxygen atoms in total. The lowest BCUT2D eigenvalue weighted by Gasteiger charge is -2.19. The zero-order valence-corrected chi connectivity index (χ0v) is 16.5. The van der Waals surface area contributed by atoms with E-state index in [4.69, 9.17) is 9.15 Å². The van der Waals surface area contributed by atoms with E-state index in [1.54, 1.807) is 41.3 Å². The van der Waals surface area contributed by atoms with Gasteiger partial charge in [-0.25, -0.2) is 4.79 Å². The van der Waals surface area contributed by atoms with E-state index in [9.17, 15) is 14.4 Å². The standard InChI is InChI=1S/C19H17IN2O5/c20-16-9-7-13(27-16)8-10-19(25)26-12-17(23)21-14-4-1-2-5-15(14)22-11-3-6-18(22)24/h1-2,4-5,7-10H,3,6,11-12H2,(H,21,23)/b10-8+. The summed E-state index contributed by atoms with van der Waals surface area (Å²) in [7, 11) is 0. The van der Waals surface area contributed by atoms with Crippen molar-refractivity contribution in [1.82, 2.24) is 0 Å². The van der Waals surface area contributed by atoms with Gasteiger partial charge in [0.15, 0.2) is 10.4 Å². The van der Waals surface area contributed by atoms with E-state index in [1.165, 1.54) is 12.2 Å². The summed E-state index contributed by atoms with van der Waals surface area (Å²) in [4.78, 5) is 37.4. The van der Waals surface area contributed by atoms with Crippen molar-refractivity contribution in [3.05, 3.63) is 52.0 Å². The summed E-state index contributed by atoms with van der Waals surface area (Å²) in [6.45, 7) is 0.193. The number of ether oxygens (including phenoxy) is 1. The monoisotopic (exact) mass is 480 g/mol. The number of hydrogen-bond acceptors (Lipinski definition) is 5. The number of rotatable bonds is 6. The maximum atomic E-state index is 12.1. The minimum absolute atomic E-state index is 0.0286. The lowest BCUT2D eigenvalue weighted by atomic mass is 10.2. The second kappa shape index (κ2) is 8.85. The Hall–Kier alpha value is -2.62. The van der Waals surface area contributed by atoms with Crippen LogP contribution < -0.4 is 10.2 Å². The van der Waals surface area contributed by atoms with Gasteiger partial charge in [-0.2, -0.15) is 0 Å². The summed E-state index contributed by atoms with van der Waals surface area (Å²) >= 11 is 2.02. The van der Waals surface area contributed by atoms with Gasteiger partial charge >= 0.3 is 5.97 Å². The van der Waals surface area contributed by atoms with E-state index in [2.05, 4.69) is 5.32 Å². The minimum Gasteiger partial charge on any atom is -0.452 e. The van der Waals surface area contributed by atoms with Crippen molar-refractivity contribution in [2.75, 3.05) is 23.4 Å². The van der Waals surface area contributed by atoms with Gasteiger partial charge in [-0.3, -0.25) is 9.59 Å². The van der Waals surface area contributed by atoms with Crippen molar-refractivity contribution < 1.29 is 23.5 Å². The number of halogens is 1. The molecule has 1 aliphatic rings. The number of carbonyl (C=O) groups excluding carboxylic acids is 3. The van der Waals surface area contributed by atoms with Crippen LogP contribution in [0.4, 0.5) is 11.4 Å². The molecule has 140 valence electrons. The van der Waals surface area contributed by atoms with Crippen LogP contribution in [0.5, 0.6) is 0 Å². The molecule has 0 atom stereocenters. The van der Waals surface area contributed by atoms with E-state index < -0.39 is 18.5 Å². The molecule has 27 heavy (non-hydrogen) atoms. The molecule has 0 radical (unpaired) electrons. The Morgan fingerprint density at radius 2 is 2.07 bits per heavy atom. The van der Waals surface area contributed by atoms with Crippen LogP contribution in [0.25, 0.3) is 6.08 Å². The van der Waals surface area contributed by atoms with Gasteiger partial charge in [0.25, 0.3) is 5.91 Å². The predicted octanol–water partition coefficient (Wildman–Crippen LogP) is 3.21. The zero-order valence-electron chi connectivity index (χ0n) is 14.3. The summed E-state index contributed by atoms with van der Waals surface area (Å²) in [5.74, 6) is -0.589. The fourth-order valence-corrected chi connectivity index (χ4v) is 3.09. The average Bonchev–Trinajstić information content (AvgIpc) is 3.27. The third-order valence-corrected chi connectivity index (χ3v) is 4.45. The number of para-hydroxylation sites is 2. The number of nitrogens with zero attached hydrogens (tertiary/aromatic N) is 1. The van der Waals surface area contributed by atoms with Gasteiger partial charge in [0.05, 0.1) is 11.4 Å². The topological polar surface area (TPSA) is 88.8 Å². The number of anilines is 2. The SMILES string of the molecule is O=C(COC(=O)/C=C/c1ccc(I)o1)Nc1ccccc1N1CCCC1=O. The smallest absolute Gasteiger partial charge is 0.331 e. The summed E-state index contributed by atoms with van der Waals surface area (Å²) in [5.41, 5.74) is 1.15. The fraction of sp³-hybridized carbons (Fsp3) is 0.211. The first-order chi connectivity index (χ1) is 13.0. The zero-order chi connectivity index (χ0) is 19.2. The highest BCUT2D eigenvalue weighted by Gasteiger charge is 2.24. The van der Waals surface area contributed by atoms with E-state index in [0.717, 1.165) is 6.42 Å². The van der Waals surface area contributed by atoms with Crippen LogP contribution in [0, 0.1) is 3.77 Å². The number of benzene rings is 1. The van der Waals surface area contributed by atoms with Crippen LogP contribution in [0.2, 0.25) is 0 Å². The van der Waals surface area contributed by atoms with E-state index >= 15 is 0 Å². The molecule has 1 N–H and O–H groups in total. The Morgan fingerprint density at radius 1 is 1.26 bits per heavy atom. The molecule has 1 saturated heterocycles. The lowest BCUT2D eigenvalue weighted by molar-refractivity contribution is -0.142. The molecule has 1 fully saturated rings. The third-order valence-electron chi connectivity index (χ3n) is 3.87. The molecular weight excluding hydrogens is 463 g/mol. The molecule has 1 aromatic heterocycles. The van der Waals surface area contributed by atoms with Crippen molar-refractivity contribution >= 4 is 57.8 Å². The van der Waals surface area contributed by atoms with E-state index in [-0.39, 0.29) is 5.91 Å². The molecule has 0 spiro atoms. The van der Waals surface area contributed by atoms with Crippen LogP contribution in [-0.4, -0.2) is 30.9 Å². The highest BCUT2D eigenvalue weighted by molar-refractivity contribution is 14.1. The maximum Gasteiger partial charge on any atom is 0.331 e. The van der Waals surface area contributed by atoms with Gasteiger partial charge in [0.2, 0.25) is 5.91 Å². The van der Waals surface area contributed by atoms with Gasteiger partial charge in [0, 0.05) is 19.0 Å². The Bertz CT molecular complexity index is 890. The summed E-state index contributed by atoms with van der Waals surface area (Å²) in [6.07, 6.45) is 3.95. The van der Waals surface area contributed by atoms with E-state index in [1.807, 2.05) is 22.6 Å². The van der Waals surface area contributed by atoms with Gasteiger partial charge in [0.1, 0.15) is 5.76 Å². The molecule has 0 bridgehead atoms. The first-order valence-electron chi connectivity index (χ1n) is 8.32. The third kappa shape index (κ3) is 5.19. The van der Waals surface area contributed by atoms with Crippen LogP contribution in [-0.2, 0) is 19.1 Å². The quantitative estimate of drug-likeness (QED) is 0.390. The predicted molar refractivity (Wildman–Crippen MR) is 108 cm³/mol. The minimum atomic E-state index is -0.653. The highest BCUT2D eigenvalue weighted by atomic mass is 127. The average molecular weight is 480 g/mol. The molecule has 8 heteroatoms. The molecule has 0 unspecified atom stereocenters. The molecule has 1 aromatic carbocycles. The van der Waals surface area contributed by atoms with Crippen molar-refractivity contribution in [2.24, 2.45) is 0 Å². The maximum absolute atomic E-state index is 12.1. The Morgan fingerprint density at radius 3 is 2.78 bits per heavy atom. The second-order valence-corrected chi connectivity index (χ2v) is 6.86. The summed E-state index contributed by atoms with van der Waals surface area (Å²) < 4.78 is 10.9. The van der Waals surface area contributed by atoms with Crippen molar-refractivity contribution in [1.29, 1.82) is 0 Å². The number of carbonyl (C=O) groups is 3. The number of esters is 1. The molecule has 2 aromatic rings.